The van der Waals surface area contributed by atoms with Gasteiger partial charge in [-0.05, 0) is 27.2 Å². The Bertz CT molecular complexity index is 490. The van der Waals surface area contributed by atoms with Crippen LogP contribution in [0.1, 0.15) is 25.8 Å². The molecular formula is C13H21N5O. The SMILES string of the molecule is CCNc1ncnc(N2CCC(C)(C(N)=O)C2)c1C. The maximum atomic E-state index is 11.5. The van der Waals surface area contributed by atoms with Crippen LogP contribution < -0.4 is 16.0 Å². The molecule has 0 radical (unpaired) electrons. The van der Waals surface area contributed by atoms with Gasteiger partial charge < -0.3 is 16.0 Å². The minimum Gasteiger partial charge on any atom is -0.370 e. The van der Waals surface area contributed by atoms with Gasteiger partial charge in [-0.2, -0.15) is 0 Å². The molecule has 1 aliphatic rings. The fourth-order valence-electron chi connectivity index (χ4n) is 2.45. The van der Waals surface area contributed by atoms with Crippen molar-refractivity contribution >= 4 is 17.5 Å². The van der Waals surface area contributed by atoms with Crippen LogP contribution in [0.3, 0.4) is 0 Å². The maximum Gasteiger partial charge on any atom is 0.225 e. The number of aromatic nitrogens is 2. The summed E-state index contributed by atoms with van der Waals surface area (Å²) in [6.07, 6.45) is 2.32. The Hall–Kier alpha value is -1.85. The predicted octanol–water partition coefficient (Wildman–Crippen LogP) is 0.919. The quantitative estimate of drug-likeness (QED) is 0.844. The van der Waals surface area contributed by atoms with Gasteiger partial charge in [0.25, 0.3) is 0 Å². The average molecular weight is 263 g/mol. The Morgan fingerprint density at radius 3 is 2.89 bits per heavy atom. The number of amides is 1. The van der Waals surface area contributed by atoms with Gasteiger partial charge in [-0.3, -0.25) is 4.79 Å². The summed E-state index contributed by atoms with van der Waals surface area (Å²) in [4.78, 5) is 22.2. The molecule has 1 aromatic heterocycles. The fraction of sp³-hybridized carbons (Fsp3) is 0.615. The van der Waals surface area contributed by atoms with Gasteiger partial charge in [0.05, 0.1) is 5.41 Å². The van der Waals surface area contributed by atoms with Crippen LogP contribution in [-0.4, -0.2) is 35.5 Å². The van der Waals surface area contributed by atoms with Crippen molar-refractivity contribution in [2.75, 3.05) is 29.9 Å². The molecule has 2 rings (SSSR count). The van der Waals surface area contributed by atoms with E-state index in [0.717, 1.165) is 36.7 Å². The number of primary amides is 1. The molecule has 1 aromatic rings. The van der Waals surface area contributed by atoms with E-state index in [1.165, 1.54) is 0 Å². The Morgan fingerprint density at radius 1 is 1.58 bits per heavy atom. The highest BCUT2D eigenvalue weighted by Crippen LogP contribution is 2.34. The van der Waals surface area contributed by atoms with E-state index in [4.69, 9.17) is 5.73 Å². The van der Waals surface area contributed by atoms with Crippen molar-refractivity contribution in [3.05, 3.63) is 11.9 Å². The minimum atomic E-state index is -0.463. The van der Waals surface area contributed by atoms with Crippen molar-refractivity contribution in [3.63, 3.8) is 0 Å². The maximum absolute atomic E-state index is 11.5. The number of nitrogens with two attached hydrogens (primary N) is 1. The van der Waals surface area contributed by atoms with Gasteiger partial charge in [-0.25, -0.2) is 9.97 Å². The van der Waals surface area contributed by atoms with Crippen LogP contribution >= 0.6 is 0 Å². The number of hydrogen-bond donors (Lipinski definition) is 2. The summed E-state index contributed by atoms with van der Waals surface area (Å²) < 4.78 is 0. The predicted molar refractivity (Wildman–Crippen MR) is 75.1 cm³/mol. The first-order chi connectivity index (χ1) is 8.98. The molecule has 1 unspecified atom stereocenters. The summed E-state index contributed by atoms with van der Waals surface area (Å²) >= 11 is 0. The lowest BCUT2D eigenvalue weighted by molar-refractivity contribution is -0.125. The van der Waals surface area contributed by atoms with Gasteiger partial charge in [0.2, 0.25) is 5.91 Å². The Labute approximate surface area is 113 Å². The summed E-state index contributed by atoms with van der Waals surface area (Å²) in [5, 5.41) is 3.21. The average Bonchev–Trinajstić information content (AvgIpc) is 2.76. The molecule has 1 fully saturated rings. The van der Waals surface area contributed by atoms with Gasteiger partial charge in [0.1, 0.15) is 18.0 Å². The first kappa shape index (κ1) is 13.6. The number of hydrogen-bond acceptors (Lipinski definition) is 5. The fourth-order valence-corrected chi connectivity index (χ4v) is 2.45. The summed E-state index contributed by atoms with van der Waals surface area (Å²) in [6, 6.07) is 0. The molecule has 2 heterocycles. The van der Waals surface area contributed by atoms with E-state index in [2.05, 4.69) is 20.2 Å². The number of rotatable bonds is 4. The molecule has 6 nitrogen and oxygen atoms in total. The molecule has 6 heteroatoms. The van der Waals surface area contributed by atoms with Crippen LogP contribution in [0.4, 0.5) is 11.6 Å². The molecule has 1 atom stereocenters. The van der Waals surface area contributed by atoms with Crippen LogP contribution in [0, 0.1) is 12.3 Å². The van der Waals surface area contributed by atoms with E-state index in [0.29, 0.717) is 6.54 Å². The summed E-state index contributed by atoms with van der Waals surface area (Å²) in [5.41, 5.74) is 6.03. The number of carbonyl (C=O) groups excluding carboxylic acids is 1. The second kappa shape index (κ2) is 5.03. The lowest BCUT2D eigenvalue weighted by Crippen LogP contribution is -2.37. The number of carbonyl (C=O) groups is 1. The van der Waals surface area contributed by atoms with Gasteiger partial charge in [0, 0.05) is 25.2 Å². The van der Waals surface area contributed by atoms with E-state index in [9.17, 15) is 4.79 Å². The Morgan fingerprint density at radius 2 is 2.32 bits per heavy atom. The first-order valence-corrected chi connectivity index (χ1v) is 6.58. The monoisotopic (exact) mass is 263 g/mol. The third-order valence-electron chi connectivity index (χ3n) is 3.77. The standard InChI is InChI=1S/C13H21N5O/c1-4-15-10-9(2)11(17-8-16-10)18-6-5-13(3,7-18)12(14)19/h8H,4-7H2,1-3H3,(H2,14,19)(H,15,16,17). The highest BCUT2D eigenvalue weighted by Gasteiger charge is 2.39. The largest absolute Gasteiger partial charge is 0.370 e. The zero-order valence-electron chi connectivity index (χ0n) is 11.7. The van der Waals surface area contributed by atoms with Crippen LogP contribution in [0.2, 0.25) is 0 Å². The molecular weight excluding hydrogens is 242 g/mol. The van der Waals surface area contributed by atoms with Crippen molar-refractivity contribution in [3.8, 4) is 0 Å². The number of anilines is 2. The third kappa shape index (κ3) is 2.47. The van der Waals surface area contributed by atoms with Crippen molar-refractivity contribution in [1.82, 2.24) is 9.97 Å². The Balaban J connectivity index is 2.25. The molecule has 0 spiro atoms. The van der Waals surface area contributed by atoms with Crippen LogP contribution in [0.5, 0.6) is 0 Å². The van der Waals surface area contributed by atoms with Crippen molar-refractivity contribution < 1.29 is 4.79 Å². The van der Waals surface area contributed by atoms with Gasteiger partial charge >= 0.3 is 0 Å². The van der Waals surface area contributed by atoms with Crippen molar-refractivity contribution in [2.45, 2.75) is 27.2 Å². The number of nitrogens with one attached hydrogen (secondary N) is 1. The third-order valence-corrected chi connectivity index (χ3v) is 3.77. The molecule has 1 amide bonds. The van der Waals surface area contributed by atoms with E-state index < -0.39 is 5.41 Å². The zero-order chi connectivity index (χ0) is 14.0. The van der Waals surface area contributed by atoms with Gasteiger partial charge in [0.15, 0.2) is 0 Å². The molecule has 0 saturated carbocycles. The van der Waals surface area contributed by atoms with Crippen molar-refractivity contribution in [1.29, 1.82) is 0 Å². The normalized spacial score (nSPS) is 22.6. The zero-order valence-corrected chi connectivity index (χ0v) is 11.7. The van der Waals surface area contributed by atoms with E-state index in [1.807, 2.05) is 20.8 Å². The molecule has 1 aliphatic heterocycles. The van der Waals surface area contributed by atoms with E-state index in [1.54, 1.807) is 6.33 Å². The van der Waals surface area contributed by atoms with Crippen molar-refractivity contribution in [2.24, 2.45) is 11.1 Å². The van der Waals surface area contributed by atoms with Crippen LogP contribution in [0.25, 0.3) is 0 Å². The first-order valence-electron chi connectivity index (χ1n) is 6.58. The molecule has 1 saturated heterocycles. The van der Waals surface area contributed by atoms with Crippen LogP contribution in [-0.2, 0) is 4.79 Å². The summed E-state index contributed by atoms with van der Waals surface area (Å²) in [6.45, 7) is 8.16. The highest BCUT2D eigenvalue weighted by atomic mass is 16.1. The smallest absolute Gasteiger partial charge is 0.225 e. The molecule has 0 bridgehead atoms. The summed E-state index contributed by atoms with van der Waals surface area (Å²) in [7, 11) is 0. The minimum absolute atomic E-state index is 0.242. The molecule has 0 aliphatic carbocycles. The lowest BCUT2D eigenvalue weighted by atomic mass is 9.89. The Kier molecular flexibility index (Phi) is 3.59. The molecule has 19 heavy (non-hydrogen) atoms. The van der Waals surface area contributed by atoms with E-state index in [-0.39, 0.29) is 5.91 Å². The molecule has 3 N–H and O–H groups in total. The molecule has 104 valence electrons. The topological polar surface area (TPSA) is 84.1 Å². The highest BCUT2D eigenvalue weighted by molar-refractivity contribution is 5.82. The van der Waals surface area contributed by atoms with Gasteiger partial charge in [-0.1, -0.05) is 0 Å². The lowest BCUT2D eigenvalue weighted by Gasteiger charge is -2.23. The van der Waals surface area contributed by atoms with Crippen LogP contribution in [0.15, 0.2) is 6.33 Å². The second-order valence-electron chi connectivity index (χ2n) is 5.30. The summed E-state index contributed by atoms with van der Waals surface area (Å²) in [5.74, 6) is 1.49. The van der Waals surface area contributed by atoms with E-state index >= 15 is 0 Å². The number of nitrogens with zero attached hydrogens (tertiary/aromatic N) is 3. The molecule has 0 aromatic carbocycles. The second-order valence-corrected chi connectivity index (χ2v) is 5.30. The van der Waals surface area contributed by atoms with Gasteiger partial charge in [-0.15, -0.1) is 0 Å².